The number of rotatable bonds is 0. The zero-order valence-electron chi connectivity index (χ0n) is 9.80. The summed E-state index contributed by atoms with van der Waals surface area (Å²) in [6.07, 6.45) is -2.34. The van der Waals surface area contributed by atoms with Crippen LogP contribution < -0.4 is 51.4 Å². The molecule has 1 heterocycles. The molecule has 1 nitrogen and oxygen atoms in total. The Morgan fingerprint density at radius 2 is 1.68 bits per heavy atom. The summed E-state index contributed by atoms with van der Waals surface area (Å²) in [5, 5.41) is 0.554. The molecule has 19 heavy (non-hydrogen) atoms. The molecule has 0 radical (unpaired) electrons. The van der Waals surface area contributed by atoms with E-state index < -0.39 is 11.7 Å². The van der Waals surface area contributed by atoms with Crippen molar-refractivity contribution in [3.8, 4) is 0 Å². The summed E-state index contributed by atoms with van der Waals surface area (Å²) in [6.45, 7) is 0. The standard InChI is InChI=1S/C6H2ClF3N.C6H4Cl.K/c7-5-3-4(1-2-11-5)6(8,9)10;7-6-4-2-1-3-5-6;/h1,3H;2-5H;/q2*-1;+1. The first-order valence-electron chi connectivity index (χ1n) is 4.62. The van der Waals surface area contributed by atoms with Gasteiger partial charge in [0.1, 0.15) is 0 Å². The molecule has 96 valence electrons. The van der Waals surface area contributed by atoms with Gasteiger partial charge in [0.05, 0.1) is 0 Å². The Morgan fingerprint density at radius 1 is 1.11 bits per heavy atom. The number of nitrogens with zero attached hydrogens (tertiary/aromatic N) is 1. The summed E-state index contributed by atoms with van der Waals surface area (Å²) >= 11 is 10.7. The van der Waals surface area contributed by atoms with E-state index in [4.69, 9.17) is 23.2 Å². The van der Waals surface area contributed by atoms with Crippen molar-refractivity contribution in [2.75, 3.05) is 0 Å². The molecule has 0 aliphatic carbocycles. The molecule has 0 N–H and O–H groups in total. The minimum absolute atomic E-state index is 0. The molecule has 0 bridgehead atoms. The van der Waals surface area contributed by atoms with E-state index in [0.717, 1.165) is 17.2 Å². The topological polar surface area (TPSA) is 12.9 Å². The van der Waals surface area contributed by atoms with Gasteiger partial charge in [0, 0.05) is 5.15 Å². The van der Waals surface area contributed by atoms with Crippen LogP contribution in [-0.2, 0) is 6.18 Å². The Bertz CT molecular complexity index is 492. The van der Waals surface area contributed by atoms with Gasteiger partial charge in [-0.3, -0.25) is 0 Å². The quantitative estimate of drug-likeness (QED) is 0.407. The number of halogens is 5. The van der Waals surface area contributed by atoms with Crippen LogP contribution in [-0.4, -0.2) is 4.98 Å². The third-order valence-electron chi connectivity index (χ3n) is 1.67. The number of hydrogen-bond acceptors (Lipinski definition) is 1. The van der Waals surface area contributed by atoms with Gasteiger partial charge < -0.3 is 4.98 Å². The van der Waals surface area contributed by atoms with E-state index in [1.54, 1.807) is 24.3 Å². The minimum Gasteiger partial charge on any atom is -0.376 e. The fourth-order valence-corrected chi connectivity index (χ4v) is 1.19. The van der Waals surface area contributed by atoms with Crippen molar-refractivity contribution in [1.29, 1.82) is 0 Å². The van der Waals surface area contributed by atoms with E-state index in [1.165, 1.54) is 0 Å². The average Bonchev–Trinajstić information content (AvgIpc) is 2.30. The summed E-state index contributed by atoms with van der Waals surface area (Å²) in [5.74, 6) is 0. The molecule has 2 rings (SSSR count). The first kappa shape index (κ1) is 19.4. The molecule has 1 aromatic heterocycles. The molecule has 0 spiro atoms. The summed E-state index contributed by atoms with van der Waals surface area (Å²) in [7, 11) is 0. The van der Waals surface area contributed by atoms with Gasteiger partial charge in [0.25, 0.3) is 0 Å². The molecule has 0 unspecified atom stereocenters. The summed E-state index contributed by atoms with van der Waals surface area (Å²) < 4.78 is 35.6. The third kappa shape index (κ3) is 8.29. The van der Waals surface area contributed by atoms with E-state index in [9.17, 15) is 13.2 Å². The maximum absolute atomic E-state index is 11.9. The number of pyridine rings is 1. The Hall–Kier alpha value is 0.376. The van der Waals surface area contributed by atoms with Crippen LogP contribution >= 0.6 is 23.2 Å². The second kappa shape index (κ2) is 9.34. The van der Waals surface area contributed by atoms with Crippen LogP contribution in [0.2, 0.25) is 10.2 Å². The van der Waals surface area contributed by atoms with Crippen LogP contribution in [0.1, 0.15) is 5.56 Å². The predicted molar refractivity (Wildman–Crippen MR) is 63.4 cm³/mol. The van der Waals surface area contributed by atoms with Crippen molar-refractivity contribution >= 4 is 23.2 Å². The number of benzene rings is 1. The minimum atomic E-state index is -4.37. The smallest absolute Gasteiger partial charge is 0.376 e. The van der Waals surface area contributed by atoms with E-state index >= 15 is 0 Å². The first-order chi connectivity index (χ1) is 8.39. The van der Waals surface area contributed by atoms with Gasteiger partial charge >= 0.3 is 57.6 Å². The molecule has 0 saturated carbocycles. The van der Waals surface area contributed by atoms with E-state index in [-0.39, 0.29) is 56.5 Å². The molecule has 0 amide bonds. The van der Waals surface area contributed by atoms with Crippen molar-refractivity contribution in [3.63, 3.8) is 0 Å². The molecule has 1 aromatic carbocycles. The Balaban J connectivity index is 0.000000352. The van der Waals surface area contributed by atoms with Gasteiger partial charge in [-0.15, -0.1) is 35.3 Å². The van der Waals surface area contributed by atoms with Gasteiger partial charge in [0.2, 0.25) is 0 Å². The Morgan fingerprint density at radius 3 is 2.00 bits per heavy atom. The molecular formula is C12H6Cl2F3KN-. The van der Waals surface area contributed by atoms with Crippen LogP contribution in [0, 0.1) is 12.3 Å². The number of alkyl halides is 3. The van der Waals surface area contributed by atoms with Crippen molar-refractivity contribution in [1.82, 2.24) is 4.98 Å². The van der Waals surface area contributed by atoms with E-state index in [0.29, 0.717) is 0 Å². The monoisotopic (exact) mass is 330 g/mol. The van der Waals surface area contributed by atoms with Crippen molar-refractivity contribution in [3.05, 3.63) is 64.4 Å². The van der Waals surface area contributed by atoms with Gasteiger partial charge in [-0.25, -0.2) is 0 Å². The summed E-state index contributed by atoms with van der Waals surface area (Å²) in [4.78, 5) is 3.29. The Labute approximate surface area is 161 Å². The first-order valence-corrected chi connectivity index (χ1v) is 5.37. The summed E-state index contributed by atoms with van der Waals surface area (Å²) in [5.41, 5.74) is -0.836. The van der Waals surface area contributed by atoms with Crippen LogP contribution in [0.3, 0.4) is 0 Å². The maximum atomic E-state index is 11.9. The molecule has 0 aliphatic rings. The van der Waals surface area contributed by atoms with Crippen LogP contribution in [0.4, 0.5) is 13.2 Å². The van der Waals surface area contributed by atoms with E-state index in [2.05, 4.69) is 11.1 Å². The zero-order chi connectivity index (χ0) is 13.6. The van der Waals surface area contributed by atoms with Gasteiger partial charge in [-0.2, -0.15) is 43.5 Å². The maximum Gasteiger partial charge on any atom is 1.00 e. The number of aromatic nitrogens is 1. The van der Waals surface area contributed by atoms with Gasteiger partial charge in [0.15, 0.2) is 0 Å². The second-order valence-corrected chi connectivity index (χ2v) is 3.85. The third-order valence-corrected chi connectivity index (χ3v) is 2.12. The summed E-state index contributed by atoms with van der Waals surface area (Å²) in [6, 6.07) is 11.5. The molecule has 0 aliphatic heterocycles. The van der Waals surface area contributed by atoms with Crippen molar-refractivity contribution < 1.29 is 64.6 Å². The Kier molecular flexibility index (Phi) is 9.52. The molecular weight excluding hydrogens is 325 g/mol. The van der Waals surface area contributed by atoms with Crippen LogP contribution in [0.25, 0.3) is 0 Å². The second-order valence-electron chi connectivity index (χ2n) is 3.02. The van der Waals surface area contributed by atoms with Crippen molar-refractivity contribution in [2.24, 2.45) is 0 Å². The number of hydrogen-bond donors (Lipinski definition) is 0. The average molecular weight is 331 g/mol. The van der Waals surface area contributed by atoms with E-state index in [1.807, 2.05) is 6.20 Å². The largest absolute Gasteiger partial charge is 1.00 e. The van der Waals surface area contributed by atoms with Crippen molar-refractivity contribution in [2.45, 2.75) is 6.18 Å². The fourth-order valence-electron chi connectivity index (χ4n) is 0.896. The predicted octanol–water partition coefficient (Wildman–Crippen LogP) is 1.70. The fraction of sp³-hybridized carbons (Fsp3) is 0.0833. The zero-order valence-corrected chi connectivity index (χ0v) is 14.4. The molecule has 0 saturated heterocycles. The molecule has 7 heteroatoms. The van der Waals surface area contributed by atoms with Gasteiger partial charge in [-0.05, 0) is 0 Å². The van der Waals surface area contributed by atoms with Gasteiger partial charge in [-0.1, -0.05) is 16.8 Å². The SMILES string of the molecule is Clc1cc[c-]cc1.FC(F)(F)c1c[c-]nc(Cl)c1.[K+]. The molecule has 2 aromatic rings. The molecule has 0 fully saturated rings. The van der Waals surface area contributed by atoms with Crippen LogP contribution in [0.15, 0.2) is 36.4 Å². The molecule has 0 atom stereocenters. The van der Waals surface area contributed by atoms with Crippen LogP contribution in [0.5, 0.6) is 0 Å². The normalized spacial score (nSPS) is 9.95.